The predicted molar refractivity (Wildman–Crippen MR) is 91.3 cm³/mol. The molecule has 8 heteroatoms. The molecule has 0 aliphatic carbocycles. The van der Waals surface area contributed by atoms with E-state index in [-0.39, 0.29) is 18.0 Å². The number of halogens is 3. The molecule has 0 bridgehead atoms. The zero-order chi connectivity index (χ0) is 19.5. The maximum atomic E-state index is 14.0. The van der Waals surface area contributed by atoms with E-state index in [0.717, 1.165) is 12.1 Å². The van der Waals surface area contributed by atoms with Gasteiger partial charge in [0.15, 0.2) is 6.29 Å². The number of benzene rings is 1. The Kier molecular flexibility index (Phi) is 6.28. The van der Waals surface area contributed by atoms with E-state index < -0.39 is 35.6 Å². The molecular formula is C18H23F3N2O3. The summed E-state index contributed by atoms with van der Waals surface area (Å²) in [5.41, 5.74) is -1.49. The number of carbonyl (C=O) groups excluding carboxylic acids is 2. The van der Waals surface area contributed by atoms with Crippen molar-refractivity contribution in [2.24, 2.45) is 0 Å². The van der Waals surface area contributed by atoms with E-state index in [9.17, 15) is 22.8 Å². The first kappa shape index (κ1) is 20.2. The Bertz CT molecular complexity index is 647. The molecule has 1 aliphatic heterocycles. The molecule has 1 fully saturated rings. The number of ether oxygens (including phenoxy) is 1. The lowest BCUT2D eigenvalue weighted by atomic mass is 10.1. The van der Waals surface area contributed by atoms with Crippen molar-refractivity contribution in [3.8, 4) is 0 Å². The topological polar surface area (TPSA) is 49.9 Å². The second kappa shape index (κ2) is 8.07. The van der Waals surface area contributed by atoms with Crippen LogP contribution in [0.2, 0.25) is 0 Å². The molecule has 2 rings (SSSR count). The second-order valence-electron chi connectivity index (χ2n) is 7.25. The third-order valence-corrected chi connectivity index (χ3v) is 3.96. The van der Waals surface area contributed by atoms with Crippen LogP contribution in [0.5, 0.6) is 0 Å². The van der Waals surface area contributed by atoms with Crippen LogP contribution in [0.1, 0.15) is 37.6 Å². The predicted octanol–water partition coefficient (Wildman–Crippen LogP) is 3.56. The molecule has 1 amide bonds. The summed E-state index contributed by atoms with van der Waals surface area (Å²) in [4.78, 5) is 26.5. The largest absolute Gasteiger partial charge is 0.443 e. The molecule has 144 valence electrons. The normalized spacial score (nSPS) is 15.5. The average molecular weight is 372 g/mol. The number of rotatable bonds is 6. The zero-order valence-corrected chi connectivity index (χ0v) is 15.1. The Morgan fingerprint density at radius 1 is 1.31 bits per heavy atom. The molecular weight excluding hydrogens is 349 g/mol. The van der Waals surface area contributed by atoms with Gasteiger partial charge in [0.2, 0.25) is 0 Å². The van der Waals surface area contributed by atoms with Gasteiger partial charge >= 0.3 is 6.09 Å². The van der Waals surface area contributed by atoms with E-state index >= 15 is 0 Å². The van der Waals surface area contributed by atoms with Crippen LogP contribution in [0.3, 0.4) is 0 Å². The first-order valence-corrected chi connectivity index (χ1v) is 8.41. The van der Waals surface area contributed by atoms with Crippen LogP contribution in [0, 0.1) is 11.6 Å². The molecule has 1 heterocycles. The summed E-state index contributed by atoms with van der Waals surface area (Å²) in [6.07, 6.45) is -0.254. The van der Waals surface area contributed by atoms with Gasteiger partial charge in [-0.3, -0.25) is 19.0 Å². The number of carbonyl (C=O) groups is 2. The van der Waals surface area contributed by atoms with Crippen molar-refractivity contribution in [1.82, 2.24) is 4.90 Å². The van der Waals surface area contributed by atoms with Crippen LogP contribution in [-0.4, -0.2) is 55.2 Å². The summed E-state index contributed by atoms with van der Waals surface area (Å²) in [7, 11) is 0. The minimum atomic E-state index is -1.04. The van der Waals surface area contributed by atoms with Crippen molar-refractivity contribution in [1.29, 1.82) is 0 Å². The van der Waals surface area contributed by atoms with Crippen LogP contribution in [-0.2, 0) is 4.74 Å². The van der Waals surface area contributed by atoms with E-state index in [1.165, 1.54) is 4.90 Å². The Hall–Kier alpha value is -2.09. The fraction of sp³-hybridized carbons (Fsp3) is 0.556. The van der Waals surface area contributed by atoms with Crippen molar-refractivity contribution >= 4 is 18.1 Å². The Balaban J connectivity index is 2.27. The van der Waals surface area contributed by atoms with Crippen molar-refractivity contribution in [3.05, 3.63) is 29.3 Å². The fourth-order valence-corrected chi connectivity index (χ4v) is 2.77. The molecule has 1 saturated heterocycles. The van der Waals surface area contributed by atoms with Gasteiger partial charge in [-0.2, -0.15) is 0 Å². The highest BCUT2D eigenvalue weighted by Crippen LogP contribution is 2.28. The molecule has 0 N–H and O–H groups in total. The minimum Gasteiger partial charge on any atom is -0.443 e. The molecule has 1 aliphatic rings. The van der Waals surface area contributed by atoms with Gasteiger partial charge in [0, 0.05) is 19.6 Å². The van der Waals surface area contributed by atoms with Crippen molar-refractivity contribution in [2.75, 3.05) is 31.2 Å². The summed E-state index contributed by atoms with van der Waals surface area (Å²) < 4.78 is 45.6. The van der Waals surface area contributed by atoms with Gasteiger partial charge in [-0.25, -0.2) is 13.6 Å². The van der Waals surface area contributed by atoms with Crippen LogP contribution < -0.4 is 4.90 Å². The zero-order valence-electron chi connectivity index (χ0n) is 15.1. The van der Waals surface area contributed by atoms with E-state index in [4.69, 9.17) is 4.74 Å². The van der Waals surface area contributed by atoms with Crippen LogP contribution in [0.25, 0.3) is 0 Å². The van der Waals surface area contributed by atoms with E-state index in [1.807, 2.05) is 4.90 Å². The highest BCUT2D eigenvalue weighted by atomic mass is 19.1. The lowest BCUT2D eigenvalue weighted by Crippen LogP contribution is -2.61. The molecule has 0 saturated carbocycles. The van der Waals surface area contributed by atoms with Crippen molar-refractivity contribution < 1.29 is 27.5 Å². The van der Waals surface area contributed by atoms with Gasteiger partial charge in [-0.1, -0.05) is 0 Å². The van der Waals surface area contributed by atoms with E-state index in [0.29, 0.717) is 26.1 Å². The molecule has 5 nitrogen and oxygen atoms in total. The highest BCUT2D eigenvalue weighted by molar-refractivity contribution is 5.89. The Morgan fingerprint density at radius 3 is 2.35 bits per heavy atom. The van der Waals surface area contributed by atoms with Gasteiger partial charge in [-0.15, -0.1) is 0 Å². The lowest BCUT2D eigenvalue weighted by Gasteiger charge is -2.45. The third kappa shape index (κ3) is 4.75. The van der Waals surface area contributed by atoms with Gasteiger partial charge in [-0.05, 0) is 39.3 Å². The van der Waals surface area contributed by atoms with Gasteiger partial charge in [0.1, 0.15) is 17.2 Å². The van der Waals surface area contributed by atoms with Gasteiger partial charge in [0.05, 0.1) is 24.0 Å². The van der Waals surface area contributed by atoms with E-state index in [1.54, 1.807) is 20.8 Å². The number of hydrogen-bond donors (Lipinski definition) is 0. The third-order valence-electron chi connectivity index (χ3n) is 3.96. The smallest absolute Gasteiger partial charge is 0.415 e. The first-order chi connectivity index (χ1) is 12.2. The number of hydrogen-bond acceptors (Lipinski definition) is 4. The number of likely N-dealkylation sites (tertiary alicyclic amines) is 1. The molecule has 0 spiro atoms. The molecule has 1 aromatic rings. The monoisotopic (exact) mass is 372 g/mol. The summed E-state index contributed by atoms with van der Waals surface area (Å²) in [5.74, 6) is -2.09. The molecule has 26 heavy (non-hydrogen) atoms. The number of nitrogens with zero attached hydrogens (tertiary/aromatic N) is 2. The van der Waals surface area contributed by atoms with Crippen molar-refractivity contribution in [2.45, 2.75) is 38.8 Å². The quantitative estimate of drug-likeness (QED) is 0.717. The Morgan fingerprint density at radius 2 is 1.88 bits per heavy atom. The van der Waals surface area contributed by atoms with Crippen LogP contribution in [0.4, 0.5) is 23.7 Å². The Labute approximate surface area is 150 Å². The van der Waals surface area contributed by atoms with Gasteiger partial charge < -0.3 is 4.74 Å². The van der Waals surface area contributed by atoms with E-state index in [2.05, 4.69) is 0 Å². The van der Waals surface area contributed by atoms with Gasteiger partial charge in [0.25, 0.3) is 0 Å². The van der Waals surface area contributed by atoms with Crippen LogP contribution in [0.15, 0.2) is 12.1 Å². The summed E-state index contributed by atoms with van der Waals surface area (Å²) in [6.45, 7) is 6.06. The SMILES string of the molecule is CC(C)(C)OC(=O)N(c1cc(F)c(C=O)c(F)c1)C1CN(CCCF)C1. The summed E-state index contributed by atoms with van der Waals surface area (Å²) in [6, 6.07) is 1.53. The number of alkyl halides is 1. The maximum Gasteiger partial charge on any atom is 0.415 e. The molecule has 0 unspecified atom stereocenters. The molecule has 0 aromatic heterocycles. The first-order valence-electron chi connectivity index (χ1n) is 8.41. The van der Waals surface area contributed by atoms with Crippen molar-refractivity contribution in [3.63, 3.8) is 0 Å². The minimum absolute atomic E-state index is 0.0185. The summed E-state index contributed by atoms with van der Waals surface area (Å²) >= 11 is 0. The maximum absolute atomic E-state index is 14.0. The standard InChI is InChI=1S/C18H23F3N2O3/c1-18(2,3)26-17(25)23(13-9-22(10-13)6-4-5-19)12-7-15(20)14(11-24)16(21)8-12/h7-8,11,13H,4-6,9-10H2,1-3H3. The lowest BCUT2D eigenvalue weighted by molar-refractivity contribution is 0.0495. The number of anilines is 1. The fourth-order valence-electron chi connectivity index (χ4n) is 2.77. The molecule has 1 aromatic carbocycles. The molecule has 0 atom stereocenters. The van der Waals surface area contributed by atoms with Crippen LogP contribution >= 0.6 is 0 Å². The second-order valence-corrected chi connectivity index (χ2v) is 7.25. The molecule has 0 radical (unpaired) electrons. The number of aldehydes is 1. The summed E-state index contributed by atoms with van der Waals surface area (Å²) in [5, 5.41) is 0. The average Bonchev–Trinajstić information content (AvgIpc) is 2.47. The highest BCUT2D eigenvalue weighted by Gasteiger charge is 2.38. The number of amides is 1.